The first-order chi connectivity index (χ1) is 8.54. The lowest BCUT2D eigenvalue weighted by molar-refractivity contribution is -0.115. The van der Waals surface area contributed by atoms with Gasteiger partial charge >= 0.3 is 0 Å². The highest BCUT2D eigenvalue weighted by Gasteiger charge is 2.17. The average molecular weight is 283 g/mol. The van der Waals surface area contributed by atoms with E-state index in [1.54, 1.807) is 24.3 Å². The molecule has 1 N–H and O–H groups in total. The molecule has 18 heavy (non-hydrogen) atoms. The summed E-state index contributed by atoms with van der Waals surface area (Å²) in [6, 6.07) is 1.68. The average Bonchev–Trinajstić information content (AvgIpc) is 2.88. The predicted molar refractivity (Wildman–Crippen MR) is 72.0 cm³/mol. The van der Waals surface area contributed by atoms with E-state index in [0.29, 0.717) is 11.6 Å². The zero-order valence-corrected chi connectivity index (χ0v) is 11.9. The van der Waals surface area contributed by atoms with Gasteiger partial charge in [0.25, 0.3) is 0 Å². The van der Waals surface area contributed by atoms with Crippen molar-refractivity contribution >= 4 is 34.8 Å². The third kappa shape index (κ3) is 3.33. The van der Waals surface area contributed by atoms with E-state index in [0.717, 1.165) is 10.0 Å². The minimum absolute atomic E-state index is 0.110. The smallest absolute Gasteiger partial charge is 0.238 e. The molecule has 0 bridgehead atoms. The maximum Gasteiger partial charge on any atom is 0.238 e. The molecule has 2 aromatic rings. The fourth-order valence-corrected chi connectivity index (χ4v) is 3.23. The van der Waals surface area contributed by atoms with Gasteiger partial charge < -0.3 is 9.84 Å². The van der Waals surface area contributed by atoms with E-state index < -0.39 is 0 Å². The number of thiazole rings is 1. The van der Waals surface area contributed by atoms with Gasteiger partial charge in [0, 0.05) is 17.1 Å². The molecule has 0 aliphatic carbocycles. The molecule has 0 saturated heterocycles. The molecule has 0 spiro atoms. The number of thioether (sulfide) groups is 1. The normalized spacial score (nSPS) is 12.4. The summed E-state index contributed by atoms with van der Waals surface area (Å²) in [5, 5.41) is 8.16. The molecule has 2 heterocycles. The summed E-state index contributed by atoms with van der Waals surface area (Å²) in [6.45, 7) is 5.55. The van der Waals surface area contributed by atoms with Crippen LogP contribution in [0.2, 0.25) is 0 Å². The summed E-state index contributed by atoms with van der Waals surface area (Å²) < 4.78 is 5.78. The summed E-state index contributed by atoms with van der Waals surface area (Å²) in [7, 11) is 0. The highest BCUT2D eigenvalue weighted by atomic mass is 32.2. The molecule has 5 nitrogen and oxygen atoms in total. The summed E-state index contributed by atoms with van der Waals surface area (Å²) in [4.78, 5) is 16.2. The van der Waals surface area contributed by atoms with Crippen LogP contribution in [0.1, 0.15) is 18.4 Å². The molecule has 96 valence electrons. The van der Waals surface area contributed by atoms with Crippen LogP contribution in [0.3, 0.4) is 0 Å². The lowest BCUT2D eigenvalue weighted by Crippen LogP contribution is -2.22. The van der Waals surface area contributed by atoms with E-state index in [1.807, 2.05) is 19.2 Å². The summed E-state index contributed by atoms with van der Waals surface area (Å²) >= 11 is 2.98. The van der Waals surface area contributed by atoms with Gasteiger partial charge in [-0.3, -0.25) is 4.79 Å². The summed E-state index contributed by atoms with van der Waals surface area (Å²) in [5.41, 5.74) is 0.974. The molecule has 0 saturated carbocycles. The van der Waals surface area contributed by atoms with Gasteiger partial charge in [0.1, 0.15) is 5.76 Å². The number of amides is 1. The molecule has 0 aliphatic heterocycles. The maximum absolute atomic E-state index is 11.9. The predicted octanol–water partition coefficient (Wildman–Crippen LogP) is 2.87. The highest BCUT2D eigenvalue weighted by molar-refractivity contribution is 8.02. The zero-order valence-electron chi connectivity index (χ0n) is 10.3. The topological polar surface area (TPSA) is 68.0 Å². The number of hydrogen-bond donors (Lipinski definition) is 1. The van der Waals surface area contributed by atoms with Gasteiger partial charge in [0.15, 0.2) is 10.2 Å². The fourth-order valence-electron chi connectivity index (χ4n) is 1.24. The number of nitrogens with one attached hydrogen (secondary N) is 1. The Labute approximate surface area is 113 Å². The molecule has 0 unspecified atom stereocenters. The standard InChI is InChI=1S/C11H13N3O2S2/c1-6-5-17-11(12-6)18-8(3)10(15)13-9-4-7(2)16-14-9/h4-5,8H,1-3H3,(H,13,14,15)/t8-/m0/s1. The van der Waals surface area contributed by atoms with Crippen LogP contribution < -0.4 is 5.32 Å². The number of aromatic nitrogens is 2. The number of rotatable bonds is 4. The number of hydrogen-bond acceptors (Lipinski definition) is 6. The molecular formula is C11H13N3O2S2. The lowest BCUT2D eigenvalue weighted by atomic mass is 10.4. The monoisotopic (exact) mass is 283 g/mol. The third-order valence-electron chi connectivity index (χ3n) is 2.12. The van der Waals surface area contributed by atoms with Crippen molar-refractivity contribution in [1.29, 1.82) is 0 Å². The van der Waals surface area contributed by atoms with Crippen molar-refractivity contribution in [2.75, 3.05) is 5.32 Å². The minimum atomic E-state index is -0.229. The van der Waals surface area contributed by atoms with Crippen LogP contribution in [0.5, 0.6) is 0 Å². The number of carbonyl (C=O) groups is 1. The number of nitrogens with zero attached hydrogens (tertiary/aromatic N) is 2. The van der Waals surface area contributed by atoms with Crippen molar-refractivity contribution in [3.05, 3.63) is 22.9 Å². The maximum atomic E-state index is 11.9. The van der Waals surface area contributed by atoms with Crippen molar-refractivity contribution in [3.8, 4) is 0 Å². The molecule has 7 heteroatoms. The molecule has 1 amide bonds. The van der Waals surface area contributed by atoms with Crippen molar-refractivity contribution in [2.45, 2.75) is 30.4 Å². The van der Waals surface area contributed by atoms with Gasteiger partial charge in [-0.15, -0.1) is 11.3 Å². The quantitative estimate of drug-likeness (QED) is 0.874. The molecular weight excluding hydrogens is 270 g/mol. The fraction of sp³-hybridized carbons (Fsp3) is 0.364. The minimum Gasteiger partial charge on any atom is -0.360 e. The third-order valence-corrected chi connectivity index (χ3v) is 4.31. The Balaban J connectivity index is 1.92. The first kappa shape index (κ1) is 13.1. The van der Waals surface area contributed by atoms with Crippen LogP contribution in [0.4, 0.5) is 5.82 Å². The van der Waals surface area contributed by atoms with Gasteiger partial charge in [0.2, 0.25) is 5.91 Å². The number of carbonyl (C=O) groups excluding carboxylic acids is 1. The molecule has 1 atom stereocenters. The summed E-state index contributed by atoms with van der Waals surface area (Å²) in [5.74, 6) is 1.00. The van der Waals surface area contributed by atoms with Gasteiger partial charge in [-0.1, -0.05) is 16.9 Å². The Morgan fingerprint density at radius 2 is 2.33 bits per heavy atom. The molecule has 2 aromatic heterocycles. The molecule has 0 aliphatic rings. The van der Waals surface area contributed by atoms with Crippen LogP contribution in [0.15, 0.2) is 20.3 Å². The Hall–Kier alpha value is -1.34. The van der Waals surface area contributed by atoms with Crippen molar-refractivity contribution in [1.82, 2.24) is 10.1 Å². The second-order valence-corrected chi connectivity index (χ2v) is 6.27. The van der Waals surface area contributed by atoms with Crippen molar-refractivity contribution in [3.63, 3.8) is 0 Å². The van der Waals surface area contributed by atoms with E-state index in [1.165, 1.54) is 11.8 Å². The van der Waals surface area contributed by atoms with Crippen LogP contribution in [-0.4, -0.2) is 21.3 Å². The van der Waals surface area contributed by atoms with Crippen LogP contribution in [0.25, 0.3) is 0 Å². The Kier molecular flexibility index (Phi) is 4.03. The highest BCUT2D eigenvalue weighted by Crippen LogP contribution is 2.27. The van der Waals surface area contributed by atoms with E-state index in [2.05, 4.69) is 15.5 Å². The van der Waals surface area contributed by atoms with Gasteiger partial charge in [-0.2, -0.15) is 0 Å². The molecule has 0 radical (unpaired) electrons. The van der Waals surface area contributed by atoms with Crippen LogP contribution in [0, 0.1) is 13.8 Å². The van der Waals surface area contributed by atoms with Crippen LogP contribution >= 0.6 is 23.1 Å². The zero-order chi connectivity index (χ0) is 13.1. The largest absolute Gasteiger partial charge is 0.360 e. The van der Waals surface area contributed by atoms with Gasteiger partial charge in [-0.25, -0.2) is 4.98 Å². The SMILES string of the molecule is Cc1csc(S[C@@H](C)C(=O)Nc2cc(C)on2)n1. The van der Waals surface area contributed by atoms with Crippen LogP contribution in [-0.2, 0) is 4.79 Å². The number of anilines is 1. The first-order valence-corrected chi connectivity index (χ1v) is 7.13. The Morgan fingerprint density at radius 3 is 2.89 bits per heavy atom. The van der Waals surface area contributed by atoms with Crippen molar-refractivity contribution in [2.24, 2.45) is 0 Å². The van der Waals surface area contributed by atoms with Crippen molar-refractivity contribution < 1.29 is 9.32 Å². The Bertz CT molecular complexity index is 550. The first-order valence-electron chi connectivity index (χ1n) is 5.37. The lowest BCUT2D eigenvalue weighted by Gasteiger charge is -2.07. The molecule has 2 rings (SSSR count). The number of aryl methyl sites for hydroxylation is 2. The molecule has 0 aromatic carbocycles. The second-order valence-electron chi connectivity index (χ2n) is 3.83. The molecule has 0 fully saturated rings. The van der Waals surface area contributed by atoms with E-state index >= 15 is 0 Å². The van der Waals surface area contributed by atoms with E-state index in [4.69, 9.17) is 4.52 Å². The van der Waals surface area contributed by atoms with E-state index in [-0.39, 0.29) is 11.2 Å². The van der Waals surface area contributed by atoms with Gasteiger partial charge in [0.05, 0.1) is 5.25 Å². The summed E-state index contributed by atoms with van der Waals surface area (Å²) in [6.07, 6.45) is 0. The Morgan fingerprint density at radius 1 is 1.56 bits per heavy atom. The van der Waals surface area contributed by atoms with E-state index in [9.17, 15) is 4.79 Å². The second kappa shape index (κ2) is 5.53. The van der Waals surface area contributed by atoms with Gasteiger partial charge in [-0.05, 0) is 20.8 Å².